The summed E-state index contributed by atoms with van der Waals surface area (Å²) in [5.41, 5.74) is 0.855. The first-order valence-electron chi connectivity index (χ1n) is 6.19. The van der Waals surface area contributed by atoms with Crippen LogP contribution in [0.25, 0.3) is 10.2 Å². The van der Waals surface area contributed by atoms with E-state index in [-0.39, 0.29) is 12.1 Å². The average Bonchev–Trinajstić information content (AvgIpc) is 2.69. The van der Waals surface area contributed by atoms with Crippen LogP contribution in [0.2, 0.25) is 0 Å². The van der Waals surface area contributed by atoms with Crippen LogP contribution in [0.4, 0.5) is 9.93 Å². The number of nitrogens with one attached hydrogen (secondary N) is 2. The number of thiazole rings is 1. The van der Waals surface area contributed by atoms with Gasteiger partial charge in [0.1, 0.15) is 5.75 Å². The van der Waals surface area contributed by atoms with E-state index in [1.165, 1.54) is 11.3 Å². The third kappa shape index (κ3) is 3.57. The molecule has 2 amide bonds. The fourth-order valence-corrected chi connectivity index (χ4v) is 2.50. The topological polar surface area (TPSA) is 63.2 Å². The Kier molecular flexibility index (Phi) is 4.21. The van der Waals surface area contributed by atoms with Gasteiger partial charge in [-0.25, -0.2) is 9.78 Å². The van der Waals surface area contributed by atoms with Crippen LogP contribution in [0.3, 0.4) is 0 Å². The minimum absolute atomic E-state index is 0.0962. The number of benzene rings is 1. The van der Waals surface area contributed by atoms with Gasteiger partial charge in [0, 0.05) is 6.04 Å². The van der Waals surface area contributed by atoms with Crippen molar-refractivity contribution in [1.29, 1.82) is 0 Å². The standard InChI is InChI=1S/C13H17N3O2S/c1-4-18-9-5-6-10-11(7-9)19-13(15-10)16-12(17)14-8(2)3/h5-8H,4H2,1-3H3,(H2,14,15,16,17). The van der Waals surface area contributed by atoms with Gasteiger partial charge >= 0.3 is 6.03 Å². The SMILES string of the molecule is CCOc1ccc2nc(NC(=O)NC(C)C)sc2c1. The number of aromatic nitrogens is 1. The predicted octanol–water partition coefficient (Wildman–Crippen LogP) is 3.22. The second-order valence-electron chi connectivity index (χ2n) is 4.33. The van der Waals surface area contributed by atoms with Crippen LogP contribution in [0, 0.1) is 0 Å². The van der Waals surface area contributed by atoms with Gasteiger partial charge in [-0.2, -0.15) is 0 Å². The fourth-order valence-electron chi connectivity index (χ4n) is 1.61. The molecule has 0 radical (unpaired) electrons. The molecule has 0 aliphatic heterocycles. The van der Waals surface area contributed by atoms with Crippen molar-refractivity contribution in [2.75, 3.05) is 11.9 Å². The minimum atomic E-state index is -0.237. The summed E-state index contributed by atoms with van der Waals surface area (Å²) >= 11 is 1.43. The Morgan fingerprint density at radius 2 is 2.26 bits per heavy atom. The number of urea groups is 1. The van der Waals surface area contributed by atoms with Gasteiger partial charge in [0.2, 0.25) is 0 Å². The second-order valence-corrected chi connectivity index (χ2v) is 5.37. The molecule has 0 bridgehead atoms. The van der Waals surface area contributed by atoms with E-state index in [0.29, 0.717) is 11.7 Å². The van der Waals surface area contributed by atoms with Crippen molar-refractivity contribution in [3.8, 4) is 5.75 Å². The Morgan fingerprint density at radius 3 is 2.95 bits per heavy atom. The summed E-state index contributed by atoms with van der Waals surface area (Å²) < 4.78 is 6.43. The molecule has 2 aromatic rings. The molecule has 5 nitrogen and oxygen atoms in total. The Bertz CT molecular complexity index is 580. The van der Waals surface area contributed by atoms with Crippen molar-refractivity contribution in [1.82, 2.24) is 10.3 Å². The van der Waals surface area contributed by atoms with E-state index in [0.717, 1.165) is 16.0 Å². The quantitative estimate of drug-likeness (QED) is 0.903. The molecule has 0 spiro atoms. The first-order chi connectivity index (χ1) is 9.08. The normalized spacial score (nSPS) is 10.7. The summed E-state index contributed by atoms with van der Waals surface area (Å²) in [6, 6.07) is 5.56. The fraction of sp³-hybridized carbons (Fsp3) is 0.385. The predicted molar refractivity (Wildman–Crippen MR) is 78.1 cm³/mol. The molecule has 0 aliphatic carbocycles. The van der Waals surface area contributed by atoms with Gasteiger partial charge in [0.05, 0.1) is 16.8 Å². The number of hydrogen-bond acceptors (Lipinski definition) is 4. The Balaban J connectivity index is 2.14. The molecule has 102 valence electrons. The minimum Gasteiger partial charge on any atom is -0.494 e. The first-order valence-corrected chi connectivity index (χ1v) is 7.01. The third-order valence-electron chi connectivity index (χ3n) is 2.31. The maximum Gasteiger partial charge on any atom is 0.321 e. The Hall–Kier alpha value is -1.82. The highest BCUT2D eigenvalue weighted by Gasteiger charge is 2.09. The van der Waals surface area contributed by atoms with E-state index in [9.17, 15) is 4.79 Å². The lowest BCUT2D eigenvalue weighted by Gasteiger charge is -2.07. The zero-order valence-corrected chi connectivity index (χ0v) is 12.0. The maximum atomic E-state index is 11.6. The maximum absolute atomic E-state index is 11.6. The molecule has 0 aliphatic rings. The molecule has 19 heavy (non-hydrogen) atoms. The molecule has 1 heterocycles. The van der Waals surface area contributed by atoms with Crippen molar-refractivity contribution in [3.05, 3.63) is 18.2 Å². The lowest BCUT2D eigenvalue weighted by Crippen LogP contribution is -2.34. The number of fused-ring (bicyclic) bond motifs is 1. The molecule has 0 saturated carbocycles. The van der Waals surface area contributed by atoms with Gasteiger partial charge in [-0.05, 0) is 39.0 Å². The highest BCUT2D eigenvalue weighted by atomic mass is 32.1. The summed E-state index contributed by atoms with van der Waals surface area (Å²) in [4.78, 5) is 15.9. The van der Waals surface area contributed by atoms with Crippen LogP contribution in [0.5, 0.6) is 5.75 Å². The molecular formula is C13H17N3O2S. The average molecular weight is 279 g/mol. The zero-order chi connectivity index (χ0) is 13.8. The molecule has 2 rings (SSSR count). The van der Waals surface area contributed by atoms with Crippen LogP contribution >= 0.6 is 11.3 Å². The van der Waals surface area contributed by atoms with Gasteiger partial charge in [0.15, 0.2) is 5.13 Å². The van der Waals surface area contributed by atoms with Gasteiger partial charge in [-0.3, -0.25) is 5.32 Å². The van der Waals surface area contributed by atoms with Crippen LogP contribution in [0.1, 0.15) is 20.8 Å². The Labute approximate surface area is 116 Å². The summed E-state index contributed by atoms with van der Waals surface area (Å²) in [7, 11) is 0. The number of nitrogens with zero attached hydrogens (tertiary/aromatic N) is 1. The molecule has 6 heteroatoms. The molecule has 1 aromatic carbocycles. The molecular weight excluding hydrogens is 262 g/mol. The highest BCUT2D eigenvalue weighted by Crippen LogP contribution is 2.29. The number of anilines is 1. The van der Waals surface area contributed by atoms with Crippen LogP contribution < -0.4 is 15.4 Å². The van der Waals surface area contributed by atoms with E-state index in [4.69, 9.17) is 4.74 Å². The molecule has 1 aromatic heterocycles. The number of carbonyl (C=O) groups excluding carboxylic acids is 1. The van der Waals surface area contributed by atoms with Crippen LogP contribution in [0.15, 0.2) is 18.2 Å². The lowest BCUT2D eigenvalue weighted by atomic mass is 10.3. The van der Waals surface area contributed by atoms with E-state index >= 15 is 0 Å². The van der Waals surface area contributed by atoms with E-state index in [1.807, 2.05) is 39.0 Å². The molecule has 0 unspecified atom stereocenters. The van der Waals surface area contributed by atoms with E-state index in [1.54, 1.807) is 0 Å². The monoisotopic (exact) mass is 279 g/mol. The number of rotatable bonds is 4. The van der Waals surface area contributed by atoms with Gasteiger partial charge < -0.3 is 10.1 Å². The summed E-state index contributed by atoms with van der Waals surface area (Å²) in [5, 5.41) is 6.07. The third-order valence-corrected chi connectivity index (χ3v) is 3.24. The molecule has 2 N–H and O–H groups in total. The van der Waals surface area contributed by atoms with E-state index < -0.39 is 0 Å². The lowest BCUT2D eigenvalue weighted by molar-refractivity contribution is 0.250. The molecule has 0 fully saturated rings. The van der Waals surface area contributed by atoms with Crippen LogP contribution in [-0.2, 0) is 0 Å². The summed E-state index contributed by atoms with van der Waals surface area (Å²) in [6.07, 6.45) is 0. The number of ether oxygens (including phenoxy) is 1. The zero-order valence-electron chi connectivity index (χ0n) is 11.2. The number of hydrogen-bond donors (Lipinski definition) is 2. The second kappa shape index (κ2) is 5.88. The van der Waals surface area contributed by atoms with Gasteiger partial charge in [-0.15, -0.1) is 0 Å². The Morgan fingerprint density at radius 1 is 1.47 bits per heavy atom. The van der Waals surface area contributed by atoms with Crippen molar-refractivity contribution in [2.45, 2.75) is 26.8 Å². The first kappa shape index (κ1) is 13.6. The van der Waals surface area contributed by atoms with Gasteiger partial charge in [0.25, 0.3) is 0 Å². The highest BCUT2D eigenvalue weighted by molar-refractivity contribution is 7.22. The summed E-state index contributed by atoms with van der Waals surface area (Å²) in [6.45, 7) is 6.39. The smallest absolute Gasteiger partial charge is 0.321 e. The van der Waals surface area contributed by atoms with Crippen molar-refractivity contribution in [2.24, 2.45) is 0 Å². The van der Waals surface area contributed by atoms with Crippen molar-refractivity contribution >= 4 is 32.7 Å². The molecule has 0 saturated heterocycles. The van der Waals surface area contributed by atoms with E-state index in [2.05, 4.69) is 15.6 Å². The number of amides is 2. The van der Waals surface area contributed by atoms with Crippen molar-refractivity contribution < 1.29 is 9.53 Å². The van der Waals surface area contributed by atoms with Gasteiger partial charge in [-0.1, -0.05) is 11.3 Å². The van der Waals surface area contributed by atoms with Crippen molar-refractivity contribution in [3.63, 3.8) is 0 Å². The largest absolute Gasteiger partial charge is 0.494 e. The van der Waals surface area contributed by atoms with Crippen LogP contribution in [-0.4, -0.2) is 23.7 Å². The molecule has 0 atom stereocenters. The number of carbonyl (C=O) groups is 1. The summed E-state index contributed by atoms with van der Waals surface area (Å²) in [5.74, 6) is 0.817.